The third-order valence-corrected chi connectivity index (χ3v) is 3.23. The molecule has 1 atom stereocenters. The first-order chi connectivity index (χ1) is 9.90. The maximum atomic E-state index is 12.0. The van der Waals surface area contributed by atoms with Crippen LogP contribution < -0.4 is 11.0 Å². The predicted octanol–water partition coefficient (Wildman–Crippen LogP) is 0.555. The van der Waals surface area contributed by atoms with Gasteiger partial charge in [0.15, 0.2) is 0 Å². The number of hydrogen-bond acceptors (Lipinski definition) is 3. The summed E-state index contributed by atoms with van der Waals surface area (Å²) in [6.45, 7) is 3.19. The van der Waals surface area contributed by atoms with Crippen molar-refractivity contribution in [3.05, 3.63) is 34.7 Å². The molecule has 3 N–H and O–H groups in total. The van der Waals surface area contributed by atoms with Gasteiger partial charge < -0.3 is 15.4 Å². The molecule has 2 rings (SSSR count). The molecule has 0 radical (unpaired) electrons. The van der Waals surface area contributed by atoms with Crippen LogP contribution in [0.2, 0.25) is 0 Å². The number of hydrogen-bond donors (Lipinski definition) is 3. The second-order valence-corrected chi connectivity index (χ2v) is 5.16. The van der Waals surface area contributed by atoms with Gasteiger partial charge in [-0.25, -0.2) is 9.59 Å². The van der Waals surface area contributed by atoms with E-state index in [2.05, 4.69) is 10.3 Å². The zero-order valence-electron chi connectivity index (χ0n) is 11.8. The SMILES string of the molecule is CC(C)[C@@H](NC(=O)Cn1c(=O)[nH]c2ccccc21)C(=O)O. The molecule has 1 aromatic heterocycles. The fourth-order valence-electron chi connectivity index (χ4n) is 2.14. The standard InChI is InChI=1S/C14H17N3O4/c1-8(2)12(13(19)20)16-11(18)7-17-10-6-4-3-5-9(10)15-14(17)21/h3-6,8,12H,7H2,1-2H3,(H,15,21)(H,16,18)(H,19,20)/t12-/m1/s1. The van der Waals surface area contributed by atoms with Gasteiger partial charge in [-0.3, -0.25) is 9.36 Å². The lowest BCUT2D eigenvalue weighted by atomic mass is 10.1. The maximum absolute atomic E-state index is 12.0. The molecule has 0 aliphatic carbocycles. The third-order valence-electron chi connectivity index (χ3n) is 3.23. The van der Waals surface area contributed by atoms with Crippen molar-refractivity contribution >= 4 is 22.9 Å². The average Bonchev–Trinajstić information content (AvgIpc) is 2.72. The number of nitrogens with one attached hydrogen (secondary N) is 2. The van der Waals surface area contributed by atoms with Gasteiger partial charge in [0.05, 0.1) is 11.0 Å². The first-order valence-corrected chi connectivity index (χ1v) is 6.60. The zero-order chi connectivity index (χ0) is 15.6. The Labute approximate surface area is 120 Å². The summed E-state index contributed by atoms with van der Waals surface area (Å²) in [6.07, 6.45) is 0. The van der Waals surface area contributed by atoms with Crippen LogP contribution in [0.25, 0.3) is 11.0 Å². The van der Waals surface area contributed by atoms with Gasteiger partial charge in [-0.15, -0.1) is 0 Å². The van der Waals surface area contributed by atoms with Crippen LogP contribution in [0.3, 0.4) is 0 Å². The molecule has 0 unspecified atom stereocenters. The quantitative estimate of drug-likeness (QED) is 0.748. The average molecular weight is 291 g/mol. The highest BCUT2D eigenvalue weighted by Crippen LogP contribution is 2.09. The van der Waals surface area contributed by atoms with Crippen molar-refractivity contribution in [2.75, 3.05) is 0 Å². The molecule has 0 aliphatic heterocycles. The molecule has 112 valence electrons. The molecule has 1 aromatic carbocycles. The summed E-state index contributed by atoms with van der Waals surface area (Å²) >= 11 is 0. The summed E-state index contributed by atoms with van der Waals surface area (Å²) in [5, 5.41) is 11.5. The number of carbonyl (C=O) groups excluding carboxylic acids is 1. The number of para-hydroxylation sites is 2. The molecule has 0 fully saturated rings. The Kier molecular flexibility index (Phi) is 4.11. The molecule has 1 amide bonds. The molecule has 2 aromatic rings. The number of benzene rings is 1. The van der Waals surface area contributed by atoms with Crippen LogP contribution in [0, 0.1) is 5.92 Å². The lowest BCUT2D eigenvalue weighted by Crippen LogP contribution is -2.46. The lowest BCUT2D eigenvalue weighted by Gasteiger charge is -2.17. The van der Waals surface area contributed by atoms with Crippen molar-refractivity contribution < 1.29 is 14.7 Å². The van der Waals surface area contributed by atoms with Crippen LogP contribution in [0.4, 0.5) is 0 Å². The second-order valence-electron chi connectivity index (χ2n) is 5.16. The molecule has 21 heavy (non-hydrogen) atoms. The largest absolute Gasteiger partial charge is 0.480 e. The molecule has 7 heteroatoms. The van der Waals surface area contributed by atoms with Crippen molar-refractivity contribution in [1.29, 1.82) is 0 Å². The van der Waals surface area contributed by atoms with E-state index >= 15 is 0 Å². The molecule has 0 aliphatic rings. The minimum Gasteiger partial charge on any atom is -0.480 e. The van der Waals surface area contributed by atoms with E-state index in [4.69, 9.17) is 5.11 Å². The molecule has 0 spiro atoms. The smallest absolute Gasteiger partial charge is 0.326 e. The number of H-pyrrole nitrogens is 1. The molecule has 1 heterocycles. The number of aromatic nitrogens is 2. The van der Waals surface area contributed by atoms with E-state index in [0.29, 0.717) is 11.0 Å². The molecule has 0 saturated heterocycles. The van der Waals surface area contributed by atoms with Crippen molar-refractivity contribution in [3.8, 4) is 0 Å². The number of carbonyl (C=O) groups is 2. The Morgan fingerprint density at radius 3 is 2.62 bits per heavy atom. The van der Waals surface area contributed by atoms with E-state index in [-0.39, 0.29) is 12.5 Å². The van der Waals surface area contributed by atoms with Gasteiger partial charge in [-0.05, 0) is 18.1 Å². The van der Waals surface area contributed by atoms with Gasteiger partial charge in [-0.1, -0.05) is 26.0 Å². The van der Waals surface area contributed by atoms with Crippen LogP contribution >= 0.6 is 0 Å². The molecule has 0 saturated carbocycles. The van der Waals surface area contributed by atoms with Gasteiger partial charge >= 0.3 is 11.7 Å². The Bertz CT molecular complexity index is 729. The first kappa shape index (κ1) is 14.8. The van der Waals surface area contributed by atoms with Gasteiger partial charge in [0.1, 0.15) is 12.6 Å². The lowest BCUT2D eigenvalue weighted by molar-refractivity contribution is -0.143. The maximum Gasteiger partial charge on any atom is 0.326 e. The number of aliphatic carboxylic acids is 1. The van der Waals surface area contributed by atoms with E-state index in [0.717, 1.165) is 0 Å². The topological polar surface area (TPSA) is 104 Å². The fraction of sp³-hybridized carbons (Fsp3) is 0.357. The van der Waals surface area contributed by atoms with Crippen molar-refractivity contribution in [2.24, 2.45) is 5.92 Å². The van der Waals surface area contributed by atoms with Crippen molar-refractivity contribution in [2.45, 2.75) is 26.4 Å². The van der Waals surface area contributed by atoms with Crippen LogP contribution in [0.15, 0.2) is 29.1 Å². The second kappa shape index (κ2) is 5.82. The number of rotatable bonds is 5. The zero-order valence-corrected chi connectivity index (χ0v) is 11.8. The van der Waals surface area contributed by atoms with Gasteiger partial charge in [-0.2, -0.15) is 0 Å². The minimum atomic E-state index is -1.09. The Morgan fingerprint density at radius 2 is 2.00 bits per heavy atom. The number of aromatic amines is 1. The highest BCUT2D eigenvalue weighted by molar-refractivity contribution is 5.85. The number of nitrogens with zero attached hydrogens (tertiary/aromatic N) is 1. The van der Waals surface area contributed by atoms with E-state index in [1.54, 1.807) is 38.1 Å². The van der Waals surface area contributed by atoms with Crippen molar-refractivity contribution in [1.82, 2.24) is 14.9 Å². The summed E-state index contributed by atoms with van der Waals surface area (Å²) in [7, 11) is 0. The molecular weight excluding hydrogens is 274 g/mol. The highest BCUT2D eigenvalue weighted by atomic mass is 16.4. The summed E-state index contributed by atoms with van der Waals surface area (Å²) in [5.74, 6) is -1.85. The number of fused-ring (bicyclic) bond motifs is 1. The normalized spacial score (nSPS) is 12.5. The summed E-state index contributed by atoms with van der Waals surface area (Å²) in [6, 6.07) is 6.02. The van der Waals surface area contributed by atoms with Crippen LogP contribution in [-0.2, 0) is 16.1 Å². The Morgan fingerprint density at radius 1 is 1.33 bits per heavy atom. The molecular formula is C14H17N3O4. The number of amides is 1. The number of carboxylic acids is 1. The van der Waals surface area contributed by atoms with Crippen molar-refractivity contribution in [3.63, 3.8) is 0 Å². The first-order valence-electron chi connectivity index (χ1n) is 6.60. The number of carboxylic acid groups (broad SMARTS) is 1. The van der Waals surface area contributed by atoms with Crippen LogP contribution in [0.1, 0.15) is 13.8 Å². The van der Waals surface area contributed by atoms with Crippen LogP contribution in [-0.4, -0.2) is 32.6 Å². The summed E-state index contributed by atoms with van der Waals surface area (Å²) in [4.78, 5) is 37.5. The Balaban J connectivity index is 2.20. The summed E-state index contributed by atoms with van der Waals surface area (Å²) in [5.41, 5.74) is 0.839. The van der Waals surface area contributed by atoms with Crippen LogP contribution in [0.5, 0.6) is 0 Å². The van der Waals surface area contributed by atoms with E-state index in [1.165, 1.54) is 4.57 Å². The van der Waals surface area contributed by atoms with E-state index in [9.17, 15) is 14.4 Å². The predicted molar refractivity (Wildman–Crippen MR) is 77.0 cm³/mol. The fourth-order valence-corrected chi connectivity index (χ4v) is 2.14. The van der Waals surface area contributed by atoms with Gasteiger partial charge in [0, 0.05) is 0 Å². The van der Waals surface area contributed by atoms with E-state index in [1.807, 2.05) is 0 Å². The number of imidazole rings is 1. The van der Waals surface area contributed by atoms with Gasteiger partial charge in [0.2, 0.25) is 5.91 Å². The highest BCUT2D eigenvalue weighted by Gasteiger charge is 2.23. The minimum absolute atomic E-state index is 0.223. The Hall–Kier alpha value is -2.57. The summed E-state index contributed by atoms with van der Waals surface area (Å²) < 4.78 is 1.28. The molecule has 7 nitrogen and oxygen atoms in total. The monoisotopic (exact) mass is 291 g/mol. The van der Waals surface area contributed by atoms with E-state index < -0.39 is 23.6 Å². The third kappa shape index (κ3) is 3.13. The van der Waals surface area contributed by atoms with Gasteiger partial charge in [0.25, 0.3) is 0 Å². The molecule has 0 bridgehead atoms.